The average Bonchev–Trinajstić information content (AvgIpc) is 3.03. The molecule has 0 saturated heterocycles. The van der Waals surface area contributed by atoms with Crippen molar-refractivity contribution in [3.8, 4) is 0 Å². The maximum atomic E-state index is 14.1. The highest BCUT2D eigenvalue weighted by Gasteiger charge is 2.54. The summed E-state index contributed by atoms with van der Waals surface area (Å²) in [6, 6.07) is 21.1. The van der Waals surface area contributed by atoms with Crippen LogP contribution in [-0.2, 0) is 38.3 Å². The molecule has 4 aromatic rings. The van der Waals surface area contributed by atoms with E-state index in [9.17, 15) is 56.5 Å². The fourth-order valence-electron chi connectivity index (χ4n) is 4.34. The normalized spacial score (nSPS) is 15.2. The third-order valence-corrected chi connectivity index (χ3v) is 16.6. The minimum Gasteiger partial charge on any atom is -0.364 e. The lowest BCUT2D eigenvalue weighted by atomic mass is 10.1. The highest BCUT2D eigenvalue weighted by molar-refractivity contribution is 8.00. The summed E-state index contributed by atoms with van der Waals surface area (Å²) >= 11 is 4.17. The fourth-order valence-corrected chi connectivity index (χ4v) is 10.9. The van der Waals surface area contributed by atoms with E-state index in [0.717, 1.165) is 50.7 Å². The summed E-state index contributed by atoms with van der Waals surface area (Å²) in [6.45, 7) is 1.40. The number of benzene rings is 4. The lowest BCUT2D eigenvalue weighted by Crippen LogP contribution is -2.25. The standard InChI is InChI=1S/C28H26O12P4S4/c1-17-3-13-25(23(15-17)27(29,41-31)43(33,34)35)48(39,40)26-14-12-22(16-24(26)28(30,42-32)44(36,37)38)47-21-10-8-20(9-11-21)46-19-6-4-18(45-2)5-7-19/h3-16,29-30H,1-2H3,(H2,33,34,35)(H2,36,37,38). The molecule has 2 unspecified atom stereocenters. The van der Waals surface area contributed by atoms with Crippen molar-refractivity contribution in [2.24, 2.45) is 0 Å². The van der Waals surface area contributed by atoms with Crippen LogP contribution < -0.4 is 0 Å². The maximum absolute atomic E-state index is 14.1. The molecule has 0 aromatic heterocycles. The van der Waals surface area contributed by atoms with Crippen LogP contribution in [0.5, 0.6) is 0 Å². The Morgan fingerprint density at radius 2 is 0.958 bits per heavy atom. The number of thioether (sulfide) groups is 1. The predicted octanol–water partition coefficient (Wildman–Crippen LogP) is 7.00. The molecule has 0 aliphatic rings. The van der Waals surface area contributed by atoms with Crippen molar-refractivity contribution < 1.29 is 56.5 Å². The summed E-state index contributed by atoms with van der Waals surface area (Å²) in [7, 11) is -19.8. The van der Waals surface area contributed by atoms with Crippen LogP contribution in [0, 0.1) is 6.92 Å². The molecule has 12 nitrogen and oxygen atoms in total. The van der Waals surface area contributed by atoms with Crippen LogP contribution in [-0.4, -0.2) is 44.5 Å². The summed E-state index contributed by atoms with van der Waals surface area (Å²) in [4.78, 5) is 41.6. The van der Waals surface area contributed by atoms with E-state index < -0.39 is 73.0 Å². The Labute approximate surface area is 291 Å². The second-order valence-electron chi connectivity index (χ2n) is 10.1. The van der Waals surface area contributed by atoms with Gasteiger partial charge < -0.3 is 29.8 Å². The zero-order valence-electron chi connectivity index (χ0n) is 24.6. The molecule has 0 aliphatic heterocycles. The number of aliphatic hydroxyl groups is 2. The van der Waals surface area contributed by atoms with Gasteiger partial charge in [0.25, 0.3) is 10.2 Å². The molecule has 20 heteroatoms. The lowest BCUT2D eigenvalue weighted by molar-refractivity contribution is 0.165. The molecule has 0 bridgehead atoms. The summed E-state index contributed by atoms with van der Waals surface area (Å²) < 4.78 is 77.1. The Morgan fingerprint density at radius 3 is 1.35 bits per heavy atom. The summed E-state index contributed by atoms with van der Waals surface area (Å²) in [6.07, 6.45) is 1.98. The van der Waals surface area contributed by atoms with Crippen molar-refractivity contribution in [3.05, 3.63) is 102 Å². The molecule has 4 aromatic carbocycles. The number of sulfone groups is 1. The van der Waals surface area contributed by atoms with Crippen LogP contribution in [0.25, 0.3) is 0 Å². The van der Waals surface area contributed by atoms with E-state index in [1.165, 1.54) is 30.8 Å². The number of hydrogen-bond acceptors (Lipinski definition) is 11. The van der Waals surface area contributed by atoms with E-state index in [1.807, 2.05) is 42.7 Å². The van der Waals surface area contributed by atoms with Crippen LogP contribution in [0.2, 0.25) is 0 Å². The van der Waals surface area contributed by atoms with Crippen molar-refractivity contribution in [3.63, 3.8) is 0 Å². The van der Waals surface area contributed by atoms with Gasteiger partial charge >= 0.3 is 15.2 Å². The molecule has 0 heterocycles. The first-order valence-corrected chi connectivity index (χ1v) is 22.4. The molecule has 4 rings (SSSR count). The van der Waals surface area contributed by atoms with Gasteiger partial charge in [0.15, 0.2) is 0 Å². The SMILES string of the molecule is CSc1ccc(Sc2ccc(Sc3ccc(S(=O)(=O)c4ccc(C)cc4C(O)(P=O)P(=O)(O)O)c(C(O)(P=O)P(=O)(O)O)c3)cc2)cc1. The van der Waals surface area contributed by atoms with Crippen molar-refractivity contribution in [1.82, 2.24) is 0 Å². The summed E-state index contributed by atoms with van der Waals surface area (Å²) in [5.74, 6) is 0. The van der Waals surface area contributed by atoms with E-state index in [-0.39, 0.29) is 10.5 Å². The summed E-state index contributed by atoms with van der Waals surface area (Å²) in [5.41, 5.74) is -1.77. The minimum absolute atomic E-state index is 0.168. The van der Waals surface area contributed by atoms with Crippen molar-refractivity contribution in [2.75, 3.05) is 6.26 Å². The van der Waals surface area contributed by atoms with Gasteiger partial charge in [0.2, 0.25) is 26.8 Å². The van der Waals surface area contributed by atoms with Gasteiger partial charge in [0, 0.05) is 35.6 Å². The largest absolute Gasteiger partial charge is 0.373 e. The third-order valence-electron chi connectivity index (χ3n) is 6.81. The van der Waals surface area contributed by atoms with E-state index in [1.54, 1.807) is 23.9 Å². The van der Waals surface area contributed by atoms with Crippen molar-refractivity contribution in [1.29, 1.82) is 0 Å². The lowest BCUT2D eigenvalue weighted by Gasteiger charge is -2.27. The van der Waals surface area contributed by atoms with Crippen LogP contribution in [0.15, 0.2) is 119 Å². The van der Waals surface area contributed by atoms with E-state index in [2.05, 4.69) is 0 Å². The molecule has 0 fully saturated rings. The van der Waals surface area contributed by atoms with Gasteiger partial charge in [0.05, 0.1) is 9.79 Å². The van der Waals surface area contributed by atoms with Crippen molar-refractivity contribution in [2.45, 2.75) is 51.4 Å². The second-order valence-corrected chi connectivity index (χ2v) is 20.9. The number of hydrogen-bond donors (Lipinski definition) is 6. The first kappa shape index (κ1) is 39.1. The van der Waals surface area contributed by atoms with Gasteiger partial charge in [-0.15, -0.1) is 11.8 Å². The molecule has 0 radical (unpaired) electrons. The van der Waals surface area contributed by atoms with Gasteiger partial charge in [0.1, 0.15) is 0 Å². The molecule has 254 valence electrons. The smallest absolute Gasteiger partial charge is 0.364 e. The number of aryl methyl sites for hydroxylation is 1. The number of rotatable bonds is 13. The van der Waals surface area contributed by atoms with Crippen molar-refractivity contribution >= 4 is 77.2 Å². The van der Waals surface area contributed by atoms with Gasteiger partial charge in [-0.2, -0.15) is 0 Å². The molecular formula is C28H26O12P4S4. The molecular weight excluding hydrogens is 780 g/mol. The Kier molecular flexibility index (Phi) is 12.1. The second kappa shape index (κ2) is 14.9. The Bertz CT molecular complexity index is 2070. The molecule has 0 amide bonds. The van der Waals surface area contributed by atoms with E-state index >= 15 is 0 Å². The highest BCUT2D eigenvalue weighted by atomic mass is 32.2. The average molecular weight is 807 g/mol. The highest BCUT2D eigenvalue weighted by Crippen LogP contribution is 2.64. The fraction of sp³-hybridized carbons (Fsp3) is 0.143. The zero-order chi connectivity index (χ0) is 35.7. The first-order chi connectivity index (χ1) is 22.3. The van der Waals surface area contributed by atoms with Gasteiger partial charge in [-0.25, -0.2) is 8.42 Å². The maximum Gasteiger partial charge on any atom is 0.373 e. The zero-order valence-corrected chi connectivity index (χ0v) is 31.5. The van der Waals surface area contributed by atoms with Gasteiger partial charge in [-0.05, 0) is 86.0 Å². The Balaban J connectivity index is 1.82. The van der Waals surface area contributed by atoms with E-state index in [0.29, 0.717) is 4.90 Å². The Morgan fingerprint density at radius 1 is 0.604 bits per heavy atom. The predicted molar refractivity (Wildman–Crippen MR) is 183 cm³/mol. The Hall–Kier alpha value is -1.70. The van der Waals surface area contributed by atoms with Crippen LogP contribution >= 0.6 is 67.4 Å². The minimum atomic E-state index is -5.80. The molecule has 6 N–H and O–H groups in total. The van der Waals surface area contributed by atoms with Crippen LogP contribution in [0.4, 0.5) is 0 Å². The molecule has 2 atom stereocenters. The summed E-state index contributed by atoms with van der Waals surface area (Å²) in [5, 5.41) is 14.8. The molecule has 0 saturated carbocycles. The topological polar surface area (TPSA) is 224 Å². The van der Waals surface area contributed by atoms with Gasteiger partial charge in [-0.1, -0.05) is 41.2 Å². The quantitative estimate of drug-likeness (QED) is 0.0591. The van der Waals surface area contributed by atoms with Crippen LogP contribution in [0.3, 0.4) is 0 Å². The monoisotopic (exact) mass is 806 g/mol. The molecule has 48 heavy (non-hydrogen) atoms. The van der Waals surface area contributed by atoms with E-state index in [4.69, 9.17) is 0 Å². The molecule has 0 aliphatic carbocycles. The first-order valence-electron chi connectivity index (χ1n) is 13.2. The molecule has 0 spiro atoms. The van der Waals surface area contributed by atoms with Crippen LogP contribution in [0.1, 0.15) is 16.7 Å². The third kappa shape index (κ3) is 7.94. The van der Waals surface area contributed by atoms with Gasteiger partial charge in [-0.3, -0.25) is 18.3 Å².